The molecule has 1 atom stereocenters. The lowest BCUT2D eigenvalue weighted by Crippen LogP contribution is -2.45. The largest absolute Gasteiger partial charge is 0.357 e. The van der Waals surface area contributed by atoms with Crippen molar-refractivity contribution in [2.24, 2.45) is 4.99 Å². The van der Waals surface area contributed by atoms with Gasteiger partial charge in [-0.3, -0.25) is 9.59 Å². The molecule has 1 aliphatic heterocycles. The van der Waals surface area contributed by atoms with Crippen molar-refractivity contribution < 1.29 is 9.59 Å². The topological polar surface area (TPSA) is 85.8 Å². The monoisotopic (exact) mass is 479 g/mol. The molecule has 1 unspecified atom stereocenters. The third-order valence-electron chi connectivity index (χ3n) is 4.88. The molecule has 0 aromatic rings. The van der Waals surface area contributed by atoms with E-state index in [0.29, 0.717) is 25.0 Å². The summed E-state index contributed by atoms with van der Waals surface area (Å²) in [5, 5.41) is 9.62. The normalized spacial score (nSPS) is 21.1. The van der Waals surface area contributed by atoms with E-state index in [1.807, 2.05) is 18.7 Å². The fourth-order valence-electron chi connectivity index (χ4n) is 3.51. The minimum absolute atomic E-state index is 0. The van der Waals surface area contributed by atoms with Gasteiger partial charge >= 0.3 is 0 Å². The Bertz CT molecular complexity index is 480. The number of likely N-dealkylation sites (tertiary alicyclic amines) is 1. The number of rotatable bonds is 6. The average molecular weight is 479 g/mol. The predicted octanol–water partition coefficient (Wildman–Crippen LogP) is 1.62. The first-order valence-corrected chi connectivity index (χ1v) is 9.74. The molecule has 1 saturated heterocycles. The van der Waals surface area contributed by atoms with Crippen LogP contribution in [-0.4, -0.2) is 60.9 Å². The lowest BCUT2D eigenvalue weighted by molar-refractivity contribution is -0.129. The first-order valence-electron chi connectivity index (χ1n) is 9.74. The molecule has 0 spiro atoms. The van der Waals surface area contributed by atoms with Gasteiger partial charge in [0, 0.05) is 38.1 Å². The molecule has 0 radical (unpaired) electrons. The summed E-state index contributed by atoms with van der Waals surface area (Å²) < 4.78 is 0. The van der Waals surface area contributed by atoms with E-state index >= 15 is 0 Å². The van der Waals surface area contributed by atoms with Gasteiger partial charge in [-0.15, -0.1) is 24.0 Å². The van der Waals surface area contributed by atoms with Crippen molar-refractivity contribution in [1.82, 2.24) is 20.9 Å². The van der Waals surface area contributed by atoms with Gasteiger partial charge < -0.3 is 20.9 Å². The van der Waals surface area contributed by atoms with Crippen LogP contribution < -0.4 is 16.0 Å². The molecule has 1 heterocycles. The molecule has 2 rings (SSSR count). The number of aliphatic imine (C=N–C) groups is 1. The quantitative estimate of drug-likeness (QED) is 0.307. The molecular weight excluding hydrogens is 445 g/mol. The Balaban J connectivity index is 0.00000338. The number of nitrogens with one attached hydrogen (secondary N) is 3. The molecular formula is C18H34IN5O2. The van der Waals surface area contributed by atoms with Crippen molar-refractivity contribution in [1.29, 1.82) is 0 Å². The lowest BCUT2D eigenvalue weighted by atomic mass is 9.95. The zero-order valence-corrected chi connectivity index (χ0v) is 18.4. The maximum absolute atomic E-state index is 12.1. The van der Waals surface area contributed by atoms with E-state index < -0.39 is 0 Å². The van der Waals surface area contributed by atoms with Gasteiger partial charge in [0.05, 0.1) is 0 Å². The van der Waals surface area contributed by atoms with Crippen LogP contribution in [0.3, 0.4) is 0 Å². The van der Waals surface area contributed by atoms with Gasteiger partial charge in [-0.2, -0.15) is 0 Å². The molecule has 2 amide bonds. The number of halogens is 1. The Kier molecular flexibility index (Phi) is 10.9. The molecule has 1 aliphatic carbocycles. The number of guanidine groups is 1. The highest BCUT2D eigenvalue weighted by atomic mass is 127. The van der Waals surface area contributed by atoms with Crippen LogP contribution in [0.1, 0.15) is 58.8 Å². The highest BCUT2D eigenvalue weighted by molar-refractivity contribution is 14.0. The molecule has 0 aromatic carbocycles. The van der Waals surface area contributed by atoms with Crippen molar-refractivity contribution in [3.05, 3.63) is 0 Å². The van der Waals surface area contributed by atoms with Gasteiger partial charge in [-0.25, -0.2) is 4.99 Å². The third-order valence-corrected chi connectivity index (χ3v) is 4.88. The summed E-state index contributed by atoms with van der Waals surface area (Å²) in [5.74, 6) is 0.827. The summed E-state index contributed by atoms with van der Waals surface area (Å²) >= 11 is 0. The molecule has 1 saturated carbocycles. The second-order valence-electron chi connectivity index (χ2n) is 6.92. The molecule has 2 fully saturated rings. The maximum Gasteiger partial charge on any atom is 0.242 e. The Hall–Kier alpha value is -1.06. The molecule has 26 heavy (non-hydrogen) atoms. The Morgan fingerprint density at radius 3 is 2.42 bits per heavy atom. The van der Waals surface area contributed by atoms with Crippen LogP contribution in [0.15, 0.2) is 4.99 Å². The van der Waals surface area contributed by atoms with Crippen LogP contribution in [0.5, 0.6) is 0 Å². The van der Waals surface area contributed by atoms with E-state index in [-0.39, 0.29) is 48.4 Å². The Morgan fingerprint density at radius 2 is 1.77 bits per heavy atom. The van der Waals surface area contributed by atoms with E-state index in [0.717, 1.165) is 32.4 Å². The SMILES string of the molecule is CCNC(=NCC(=O)NC1CCCCC1)NC1CCN(C(=O)CC)C1.I. The Morgan fingerprint density at radius 1 is 1.04 bits per heavy atom. The van der Waals surface area contributed by atoms with Gasteiger partial charge in [-0.1, -0.05) is 26.2 Å². The van der Waals surface area contributed by atoms with Crippen molar-refractivity contribution in [3.63, 3.8) is 0 Å². The maximum atomic E-state index is 12.1. The van der Waals surface area contributed by atoms with Crippen LogP contribution in [0.25, 0.3) is 0 Å². The molecule has 0 bridgehead atoms. The van der Waals surface area contributed by atoms with E-state index in [1.54, 1.807) is 0 Å². The number of carbonyl (C=O) groups excluding carboxylic acids is 2. The van der Waals surface area contributed by atoms with E-state index in [2.05, 4.69) is 20.9 Å². The predicted molar refractivity (Wildman–Crippen MR) is 115 cm³/mol. The van der Waals surface area contributed by atoms with Crippen LogP contribution in [0.2, 0.25) is 0 Å². The number of nitrogens with zero attached hydrogens (tertiary/aromatic N) is 2. The first kappa shape index (κ1) is 23.0. The Labute approximate surface area is 174 Å². The van der Waals surface area contributed by atoms with Gasteiger partial charge in [0.25, 0.3) is 0 Å². The minimum atomic E-state index is -0.0155. The second-order valence-corrected chi connectivity index (χ2v) is 6.92. The zero-order valence-electron chi connectivity index (χ0n) is 16.1. The fraction of sp³-hybridized carbons (Fsp3) is 0.833. The van der Waals surface area contributed by atoms with E-state index in [1.165, 1.54) is 19.3 Å². The van der Waals surface area contributed by atoms with Crippen LogP contribution in [0.4, 0.5) is 0 Å². The number of amides is 2. The molecule has 150 valence electrons. The van der Waals surface area contributed by atoms with Crippen molar-refractivity contribution in [2.75, 3.05) is 26.2 Å². The van der Waals surface area contributed by atoms with Gasteiger partial charge in [0.2, 0.25) is 11.8 Å². The number of hydrogen-bond donors (Lipinski definition) is 3. The molecule has 7 nitrogen and oxygen atoms in total. The van der Waals surface area contributed by atoms with E-state index in [4.69, 9.17) is 0 Å². The smallest absolute Gasteiger partial charge is 0.242 e. The molecule has 0 aromatic heterocycles. The first-order chi connectivity index (χ1) is 12.1. The van der Waals surface area contributed by atoms with Crippen molar-refractivity contribution in [3.8, 4) is 0 Å². The number of hydrogen-bond acceptors (Lipinski definition) is 3. The summed E-state index contributed by atoms with van der Waals surface area (Å²) in [6.07, 6.45) is 7.29. The van der Waals surface area contributed by atoms with Crippen LogP contribution in [-0.2, 0) is 9.59 Å². The zero-order chi connectivity index (χ0) is 18.1. The summed E-state index contributed by atoms with van der Waals surface area (Å²) in [6, 6.07) is 0.505. The third kappa shape index (κ3) is 7.67. The summed E-state index contributed by atoms with van der Waals surface area (Å²) in [4.78, 5) is 30.2. The van der Waals surface area contributed by atoms with Gasteiger partial charge in [0.1, 0.15) is 6.54 Å². The molecule has 2 aliphatic rings. The summed E-state index contributed by atoms with van der Waals surface area (Å²) in [7, 11) is 0. The van der Waals surface area contributed by atoms with Crippen molar-refractivity contribution >= 4 is 41.8 Å². The van der Waals surface area contributed by atoms with Crippen LogP contribution >= 0.6 is 24.0 Å². The summed E-state index contributed by atoms with van der Waals surface area (Å²) in [6.45, 7) is 6.24. The highest BCUT2D eigenvalue weighted by Crippen LogP contribution is 2.17. The fourth-order valence-corrected chi connectivity index (χ4v) is 3.51. The molecule has 8 heteroatoms. The molecule has 3 N–H and O–H groups in total. The van der Waals surface area contributed by atoms with Gasteiger partial charge in [0.15, 0.2) is 5.96 Å². The standard InChI is InChI=1S/C18H33N5O2.HI/c1-3-17(25)23-11-10-15(13-23)22-18(19-4-2)20-12-16(24)21-14-8-6-5-7-9-14;/h14-15H,3-13H2,1-2H3,(H,21,24)(H2,19,20,22);1H. The van der Waals surface area contributed by atoms with Crippen LogP contribution in [0, 0.1) is 0 Å². The minimum Gasteiger partial charge on any atom is -0.357 e. The lowest BCUT2D eigenvalue weighted by Gasteiger charge is -2.22. The average Bonchev–Trinajstić information content (AvgIpc) is 3.08. The summed E-state index contributed by atoms with van der Waals surface area (Å²) in [5.41, 5.74) is 0. The van der Waals surface area contributed by atoms with Gasteiger partial charge in [-0.05, 0) is 26.2 Å². The second kappa shape index (κ2) is 12.3. The van der Waals surface area contributed by atoms with Crippen molar-refractivity contribution in [2.45, 2.75) is 70.9 Å². The van der Waals surface area contributed by atoms with E-state index in [9.17, 15) is 9.59 Å². The highest BCUT2D eigenvalue weighted by Gasteiger charge is 2.25. The number of carbonyl (C=O) groups is 2.